The van der Waals surface area contributed by atoms with Crippen molar-refractivity contribution in [2.24, 2.45) is 0 Å². The van der Waals surface area contributed by atoms with Gasteiger partial charge in [0, 0.05) is 20.0 Å². The van der Waals surface area contributed by atoms with E-state index in [-0.39, 0.29) is 11.9 Å². The number of unbranched alkanes of at least 4 members (excludes halogenated alkanes) is 1. The molecule has 0 aromatic rings. The Balaban J connectivity index is 2.51. The van der Waals surface area contributed by atoms with Gasteiger partial charge >= 0.3 is 0 Å². The van der Waals surface area contributed by atoms with Crippen molar-refractivity contribution in [1.29, 1.82) is 0 Å². The van der Waals surface area contributed by atoms with Crippen molar-refractivity contribution in [3.05, 3.63) is 0 Å². The van der Waals surface area contributed by atoms with Crippen LogP contribution in [0.4, 0.5) is 0 Å². The molecule has 1 aliphatic heterocycles. The van der Waals surface area contributed by atoms with Crippen molar-refractivity contribution < 1.29 is 15.0 Å². The molecule has 16 heavy (non-hydrogen) atoms. The van der Waals surface area contributed by atoms with Crippen molar-refractivity contribution in [2.45, 2.75) is 44.9 Å². The molecular weight excluding hydrogens is 208 g/mol. The number of rotatable bonds is 4. The third-order valence-corrected chi connectivity index (χ3v) is 2.92. The van der Waals surface area contributed by atoms with Crippen LogP contribution in [0.3, 0.4) is 0 Å². The minimum atomic E-state index is -0.859. The van der Waals surface area contributed by atoms with E-state index in [0.29, 0.717) is 13.1 Å². The summed E-state index contributed by atoms with van der Waals surface area (Å²) in [5, 5.41) is 22.1. The molecule has 94 valence electrons. The number of β-amino-alcohol motifs (C(OH)–C–C–N with tert-alkyl or cyclic N) is 1. The Hall–Kier alpha value is -0.650. The number of hydrogen-bond donors (Lipinski definition) is 3. The van der Waals surface area contributed by atoms with Gasteiger partial charge in [-0.15, -0.1) is 0 Å². The van der Waals surface area contributed by atoms with Crippen molar-refractivity contribution in [3.63, 3.8) is 0 Å². The number of nitrogens with zero attached hydrogens (tertiary/aromatic N) is 1. The lowest BCUT2D eigenvalue weighted by Crippen LogP contribution is -2.61. The van der Waals surface area contributed by atoms with Crippen LogP contribution in [0.25, 0.3) is 0 Å². The quantitative estimate of drug-likeness (QED) is 0.599. The summed E-state index contributed by atoms with van der Waals surface area (Å²) in [6.45, 7) is 5.52. The number of piperidine rings is 1. The summed E-state index contributed by atoms with van der Waals surface area (Å²) < 4.78 is 0. The van der Waals surface area contributed by atoms with Gasteiger partial charge in [-0.25, -0.2) is 0 Å². The standard InChI is InChI=1S/C11H22N2O3/c1-3-4-5-13-6-9(12-8(2)14)11(16)10(15)7-13/h9-11,15-16H,3-7H2,1-2H3,(H,12,14)/t9-,10+,11+/m0/s1. The predicted octanol–water partition coefficient (Wildman–Crippen LogP) is -0.671. The number of amides is 1. The van der Waals surface area contributed by atoms with Crippen molar-refractivity contribution in [1.82, 2.24) is 10.2 Å². The lowest BCUT2D eigenvalue weighted by Gasteiger charge is -2.39. The lowest BCUT2D eigenvalue weighted by atomic mass is 9.99. The maximum atomic E-state index is 11.0. The molecule has 1 aliphatic rings. The molecule has 0 spiro atoms. The molecule has 3 atom stereocenters. The zero-order valence-corrected chi connectivity index (χ0v) is 10.0. The topological polar surface area (TPSA) is 72.8 Å². The summed E-state index contributed by atoms with van der Waals surface area (Å²) in [5.41, 5.74) is 0. The van der Waals surface area contributed by atoms with E-state index in [1.165, 1.54) is 6.92 Å². The van der Waals surface area contributed by atoms with E-state index in [9.17, 15) is 15.0 Å². The van der Waals surface area contributed by atoms with Crippen LogP contribution in [0.1, 0.15) is 26.7 Å². The largest absolute Gasteiger partial charge is 0.389 e. The molecule has 0 aromatic heterocycles. The fraction of sp³-hybridized carbons (Fsp3) is 0.909. The average molecular weight is 230 g/mol. The Kier molecular flexibility index (Phi) is 5.18. The van der Waals surface area contributed by atoms with Crippen LogP contribution in [-0.4, -0.2) is 58.9 Å². The second-order valence-corrected chi connectivity index (χ2v) is 4.48. The molecule has 0 aromatic carbocycles. The first-order valence-corrected chi connectivity index (χ1v) is 5.90. The Morgan fingerprint density at radius 1 is 1.44 bits per heavy atom. The summed E-state index contributed by atoms with van der Waals surface area (Å²) >= 11 is 0. The van der Waals surface area contributed by atoms with E-state index < -0.39 is 12.2 Å². The van der Waals surface area contributed by atoms with E-state index in [2.05, 4.69) is 17.1 Å². The molecule has 5 heteroatoms. The fourth-order valence-corrected chi connectivity index (χ4v) is 2.06. The SMILES string of the molecule is CCCCN1C[C@@H](O)[C@H](O)[C@@H](NC(C)=O)C1. The molecule has 1 fully saturated rings. The second kappa shape index (κ2) is 6.18. The molecule has 1 rings (SSSR count). The lowest BCUT2D eigenvalue weighted by molar-refractivity contribution is -0.123. The minimum absolute atomic E-state index is 0.173. The maximum absolute atomic E-state index is 11.0. The Bertz CT molecular complexity index is 235. The first-order valence-electron chi connectivity index (χ1n) is 5.90. The minimum Gasteiger partial charge on any atom is -0.389 e. The predicted molar refractivity (Wildman–Crippen MR) is 61.0 cm³/mol. The molecule has 0 aliphatic carbocycles. The molecular formula is C11H22N2O3. The summed E-state index contributed by atoms with van der Waals surface area (Å²) in [7, 11) is 0. The number of nitrogens with one attached hydrogen (secondary N) is 1. The summed E-state index contributed by atoms with van der Waals surface area (Å²) in [6, 6.07) is -0.363. The van der Waals surface area contributed by atoms with Crippen LogP contribution in [0.15, 0.2) is 0 Å². The van der Waals surface area contributed by atoms with Crippen LogP contribution in [-0.2, 0) is 4.79 Å². The number of hydrogen-bond acceptors (Lipinski definition) is 4. The molecule has 0 unspecified atom stereocenters. The van der Waals surface area contributed by atoms with E-state index >= 15 is 0 Å². The molecule has 0 saturated carbocycles. The second-order valence-electron chi connectivity index (χ2n) is 4.48. The highest BCUT2D eigenvalue weighted by Crippen LogP contribution is 2.12. The monoisotopic (exact) mass is 230 g/mol. The van der Waals surface area contributed by atoms with E-state index in [0.717, 1.165) is 19.4 Å². The van der Waals surface area contributed by atoms with Gasteiger partial charge in [0.05, 0.1) is 12.1 Å². The number of aliphatic hydroxyl groups is 2. The Labute approximate surface area is 96.4 Å². The molecule has 3 N–H and O–H groups in total. The van der Waals surface area contributed by atoms with Gasteiger partial charge in [0.25, 0.3) is 0 Å². The molecule has 1 amide bonds. The van der Waals surface area contributed by atoms with Crippen molar-refractivity contribution >= 4 is 5.91 Å². The summed E-state index contributed by atoms with van der Waals surface area (Å²) in [5.74, 6) is -0.173. The van der Waals surface area contributed by atoms with Crippen molar-refractivity contribution in [2.75, 3.05) is 19.6 Å². The van der Waals surface area contributed by atoms with Crippen LogP contribution >= 0.6 is 0 Å². The van der Waals surface area contributed by atoms with Crippen LogP contribution in [0.5, 0.6) is 0 Å². The molecule has 0 bridgehead atoms. The highest BCUT2D eigenvalue weighted by atomic mass is 16.3. The Morgan fingerprint density at radius 2 is 2.12 bits per heavy atom. The first kappa shape index (κ1) is 13.4. The molecule has 0 radical (unpaired) electrons. The van der Waals surface area contributed by atoms with Gasteiger partial charge in [0.2, 0.25) is 5.91 Å². The zero-order valence-electron chi connectivity index (χ0n) is 10.0. The number of aliphatic hydroxyl groups excluding tert-OH is 2. The highest BCUT2D eigenvalue weighted by Gasteiger charge is 2.34. The third-order valence-electron chi connectivity index (χ3n) is 2.92. The van der Waals surface area contributed by atoms with Crippen LogP contribution in [0.2, 0.25) is 0 Å². The van der Waals surface area contributed by atoms with Gasteiger partial charge in [-0.05, 0) is 13.0 Å². The average Bonchev–Trinajstić information content (AvgIpc) is 2.21. The first-order chi connectivity index (χ1) is 7.54. The summed E-state index contributed by atoms with van der Waals surface area (Å²) in [4.78, 5) is 13.0. The molecule has 1 heterocycles. The van der Waals surface area contributed by atoms with E-state index in [4.69, 9.17) is 0 Å². The number of likely N-dealkylation sites (tertiary alicyclic amines) is 1. The number of carbonyl (C=O) groups excluding carboxylic acids is 1. The maximum Gasteiger partial charge on any atom is 0.217 e. The number of carbonyl (C=O) groups is 1. The van der Waals surface area contributed by atoms with Crippen molar-refractivity contribution in [3.8, 4) is 0 Å². The van der Waals surface area contributed by atoms with E-state index in [1.807, 2.05) is 0 Å². The highest BCUT2D eigenvalue weighted by molar-refractivity contribution is 5.73. The molecule has 1 saturated heterocycles. The zero-order chi connectivity index (χ0) is 12.1. The van der Waals surface area contributed by atoms with Gasteiger partial charge in [0.15, 0.2) is 0 Å². The van der Waals surface area contributed by atoms with Crippen LogP contribution < -0.4 is 5.32 Å². The van der Waals surface area contributed by atoms with Crippen LogP contribution in [0, 0.1) is 0 Å². The molecule has 5 nitrogen and oxygen atoms in total. The Morgan fingerprint density at radius 3 is 2.69 bits per heavy atom. The van der Waals surface area contributed by atoms with Gasteiger partial charge in [-0.2, -0.15) is 0 Å². The van der Waals surface area contributed by atoms with E-state index in [1.54, 1.807) is 0 Å². The van der Waals surface area contributed by atoms with Gasteiger partial charge in [0.1, 0.15) is 6.10 Å². The fourth-order valence-electron chi connectivity index (χ4n) is 2.06. The third kappa shape index (κ3) is 3.73. The normalized spacial score (nSPS) is 31.4. The van der Waals surface area contributed by atoms with Gasteiger partial charge in [-0.1, -0.05) is 13.3 Å². The van der Waals surface area contributed by atoms with Gasteiger partial charge in [-0.3, -0.25) is 9.69 Å². The van der Waals surface area contributed by atoms with Gasteiger partial charge < -0.3 is 15.5 Å². The summed E-state index contributed by atoms with van der Waals surface area (Å²) in [6.07, 6.45) is 0.527. The smallest absolute Gasteiger partial charge is 0.217 e.